The molecule has 0 nitrogen and oxygen atoms in total. The second kappa shape index (κ2) is 18.1. The molecule has 0 heterocycles. The van der Waals surface area contributed by atoms with E-state index in [9.17, 15) is 0 Å². The third kappa shape index (κ3) is 15.0. The standard InChI is InChI=1S/C23H44/c1-5-9-11-15-19-23(8-4)21-17-14-12-13-16-20-22(7-3)18-10-6-2/h16,20,22-23H,1-2,5-15,17-19,21H2,3-4H3/b20-16+. The van der Waals surface area contributed by atoms with Crippen LogP contribution in [0.4, 0.5) is 0 Å². The molecular weight excluding hydrogens is 276 g/mol. The zero-order valence-corrected chi connectivity index (χ0v) is 16.3. The van der Waals surface area contributed by atoms with Crippen molar-refractivity contribution < 1.29 is 0 Å². The Morgan fingerprint density at radius 2 is 1.35 bits per heavy atom. The maximum atomic E-state index is 3.94. The minimum atomic E-state index is 0.791. The highest BCUT2D eigenvalue weighted by Crippen LogP contribution is 2.21. The number of hydrogen-bond donors (Lipinski definition) is 0. The lowest BCUT2D eigenvalue weighted by Gasteiger charge is -2.14. The second-order valence-electron chi connectivity index (χ2n) is 7.21. The molecule has 2 atom stereocenters. The van der Waals surface area contributed by atoms with E-state index in [0.29, 0.717) is 0 Å². The first-order valence-electron chi connectivity index (χ1n) is 10.5. The molecule has 0 spiro atoms. The van der Waals surface area contributed by atoms with Crippen molar-refractivity contribution in [1.82, 2.24) is 0 Å². The fraction of sp³-hybridized carbons (Fsp3) is 0.826. The van der Waals surface area contributed by atoms with E-state index in [2.05, 4.69) is 39.8 Å². The molecule has 23 heavy (non-hydrogen) atoms. The van der Waals surface area contributed by atoms with Crippen molar-refractivity contribution in [2.45, 2.75) is 110 Å². The van der Waals surface area contributed by atoms with Crippen LogP contribution >= 0.6 is 0 Å². The van der Waals surface area contributed by atoms with E-state index in [1.54, 1.807) is 0 Å². The van der Waals surface area contributed by atoms with E-state index < -0.39 is 0 Å². The highest BCUT2D eigenvalue weighted by molar-refractivity contribution is 4.87. The summed E-state index contributed by atoms with van der Waals surface area (Å²) in [7, 11) is 0. The van der Waals surface area contributed by atoms with Crippen LogP contribution in [0.5, 0.6) is 0 Å². The lowest BCUT2D eigenvalue weighted by Crippen LogP contribution is -1.99. The largest absolute Gasteiger partial charge is 0.0883 e. The molecule has 0 aromatic heterocycles. The summed E-state index contributed by atoms with van der Waals surface area (Å²) in [5.74, 6) is 1.77. The number of hydrogen-bond acceptors (Lipinski definition) is 0. The van der Waals surface area contributed by atoms with Gasteiger partial charge in [-0.1, -0.05) is 110 Å². The Labute approximate surface area is 148 Å². The highest BCUT2D eigenvalue weighted by atomic mass is 14.1. The molecule has 0 saturated carbocycles. The predicted molar refractivity (Wildman–Crippen MR) is 107 cm³/mol. The molecule has 2 unspecified atom stereocenters. The smallest absolute Gasteiger partial charge is 0.0236 e. The molecule has 0 fully saturated rings. The summed E-state index contributed by atoms with van der Waals surface area (Å²) in [5, 5.41) is 0. The average molecular weight is 321 g/mol. The Balaban J connectivity index is 3.58. The Bertz CT molecular complexity index is 240. The van der Waals surface area contributed by atoms with Gasteiger partial charge in [0.05, 0.1) is 0 Å². The Morgan fingerprint density at radius 3 is 1.91 bits per heavy atom. The Hall–Kier alpha value is -0.260. The van der Waals surface area contributed by atoms with Crippen LogP contribution in [0.25, 0.3) is 0 Å². The first kappa shape index (κ1) is 22.7. The Kier molecular flexibility index (Phi) is 17.9. The molecule has 0 rings (SSSR count). The Morgan fingerprint density at radius 1 is 0.696 bits per heavy atom. The van der Waals surface area contributed by atoms with Crippen LogP contribution < -0.4 is 0 Å². The normalized spacial score (nSPS) is 14.4. The summed E-state index contributed by atoms with van der Waals surface area (Å²) < 4.78 is 0. The van der Waals surface area contributed by atoms with Crippen LogP contribution in [0.3, 0.4) is 0 Å². The summed E-state index contributed by atoms with van der Waals surface area (Å²) in [4.78, 5) is 0. The minimum Gasteiger partial charge on any atom is -0.0883 e. The van der Waals surface area contributed by atoms with Gasteiger partial charge < -0.3 is 0 Å². The molecule has 0 aliphatic carbocycles. The van der Waals surface area contributed by atoms with Gasteiger partial charge in [0.15, 0.2) is 0 Å². The van der Waals surface area contributed by atoms with Crippen LogP contribution in [-0.4, -0.2) is 0 Å². The quantitative estimate of drug-likeness (QED) is 0.186. The SMILES string of the molecule is [CH2]CCCCCC(CC)CCCCC/C=C/C(CC)CCC[CH2]. The zero-order chi connectivity index (χ0) is 17.2. The van der Waals surface area contributed by atoms with Gasteiger partial charge in [-0.05, 0) is 37.5 Å². The first-order chi connectivity index (χ1) is 11.3. The van der Waals surface area contributed by atoms with Gasteiger partial charge in [0.1, 0.15) is 0 Å². The summed E-state index contributed by atoms with van der Waals surface area (Å²) in [5.41, 5.74) is 0. The monoisotopic (exact) mass is 320 g/mol. The van der Waals surface area contributed by atoms with Gasteiger partial charge in [-0.2, -0.15) is 0 Å². The van der Waals surface area contributed by atoms with Crippen LogP contribution in [0, 0.1) is 25.7 Å². The van der Waals surface area contributed by atoms with Crippen LogP contribution in [0.2, 0.25) is 0 Å². The molecule has 0 aliphatic heterocycles. The van der Waals surface area contributed by atoms with Crippen LogP contribution in [-0.2, 0) is 0 Å². The third-order valence-corrected chi connectivity index (χ3v) is 5.18. The van der Waals surface area contributed by atoms with Crippen LogP contribution in [0.1, 0.15) is 110 Å². The summed E-state index contributed by atoms with van der Waals surface area (Å²) in [6.45, 7) is 12.5. The highest BCUT2D eigenvalue weighted by Gasteiger charge is 2.05. The summed E-state index contributed by atoms with van der Waals surface area (Å²) >= 11 is 0. The molecule has 0 heteroatoms. The fourth-order valence-corrected chi connectivity index (χ4v) is 3.34. The first-order valence-corrected chi connectivity index (χ1v) is 10.5. The van der Waals surface area contributed by atoms with E-state index >= 15 is 0 Å². The van der Waals surface area contributed by atoms with Crippen molar-refractivity contribution in [1.29, 1.82) is 0 Å². The molecule has 0 aromatic carbocycles. The van der Waals surface area contributed by atoms with Crippen LogP contribution in [0.15, 0.2) is 12.2 Å². The molecule has 0 aromatic rings. The van der Waals surface area contributed by atoms with Gasteiger partial charge in [0.2, 0.25) is 0 Å². The summed E-state index contributed by atoms with van der Waals surface area (Å²) in [6, 6.07) is 0. The van der Waals surface area contributed by atoms with Gasteiger partial charge >= 0.3 is 0 Å². The van der Waals surface area contributed by atoms with Gasteiger partial charge in [-0.25, -0.2) is 0 Å². The van der Waals surface area contributed by atoms with Crippen molar-refractivity contribution in [3.63, 3.8) is 0 Å². The van der Waals surface area contributed by atoms with E-state index in [1.807, 2.05) is 0 Å². The fourth-order valence-electron chi connectivity index (χ4n) is 3.34. The van der Waals surface area contributed by atoms with Gasteiger partial charge in [-0.3, -0.25) is 0 Å². The number of rotatable bonds is 17. The maximum absolute atomic E-state index is 3.94. The molecule has 0 N–H and O–H groups in total. The zero-order valence-electron chi connectivity index (χ0n) is 16.3. The lowest BCUT2D eigenvalue weighted by atomic mass is 9.92. The topological polar surface area (TPSA) is 0 Å². The molecule has 2 radical (unpaired) electrons. The van der Waals surface area contributed by atoms with Crippen molar-refractivity contribution in [2.24, 2.45) is 11.8 Å². The number of allylic oxidation sites excluding steroid dienone is 2. The second-order valence-corrected chi connectivity index (χ2v) is 7.21. The van der Waals surface area contributed by atoms with E-state index in [1.165, 1.54) is 83.5 Å². The molecule has 0 bridgehead atoms. The number of unbranched alkanes of at least 4 members (excludes halogenated alkanes) is 7. The van der Waals surface area contributed by atoms with E-state index in [-0.39, 0.29) is 0 Å². The molecule has 0 aliphatic rings. The molecule has 136 valence electrons. The van der Waals surface area contributed by atoms with Gasteiger partial charge in [0.25, 0.3) is 0 Å². The predicted octanol–water partition coefficient (Wildman–Crippen LogP) is 8.33. The van der Waals surface area contributed by atoms with Gasteiger partial charge in [-0.15, -0.1) is 0 Å². The van der Waals surface area contributed by atoms with Crippen molar-refractivity contribution >= 4 is 0 Å². The summed E-state index contributed by atoms with van der Waals surface area (Å²) in [6.07, 6.45) is 24.9. The molecule has 0 saturated heterocycles. The van der Waals surface area contributed by atoms with Crippen molar-refractivity contribution in [3.05, 3.63) is 26.0 Å². The lowest BCUT2D eigenvalue weighted by molar-refractivity contribution is 0.397. The molecular formula is C23H44. The maximum Gasteiger partial charge on any atom is -0.0236 e. The molecule has 0 amide bonds. The van der Waals surface area contributed by atoms with Gasteiger partial charge in [0, 0.05) is 0 Å². The van der Waals surface area contributed by atoms with Crippen molar-refractivity contribution in [2.75, 3.05) is 0 Å². The van der Waals surface area contributed by atoms with Crippen molar-refractivity contribution in [3.8, 4) is 0 Å². The average Bonchev–Trinajstić information content (AvgIpc) is 2.58. The van der Waals surface area contributed by atoms with E-state index in [4.69, 9.17) is 0 Å². The minimum absolute atomic E-state index is 0.791. The third-order valence-electron chi connectivity index (χ3n) is 5.18. The van der Waals surface area contributed by atoms with E-state index in [0.717, 1.165) is 24.7 Å².